The second kappa shape index (κ2) is 10.5. The van der Waals surface area contributed by atoms with Crippen LogP contribution in [0, 0.1) is 5.92 Å². The summed E-state index contributed by atoms with van der Waals surface area (Å²) >= 11 is 0. The Kier molecular flexibility index (Phi) is 7.09. The summed E-state index contributed by atoms with van der Waals surface area (Å²) in [5.74, 6) is -0.786. The van der Waals surface area contributed by atoms with Gasteiger partial charge < -0.3 is 29.7 Å². The van der Waals surface area contributed by atoms with E-state index < -0.39 is 23.0 Å². The van der Waals surface area contributed by atoms with Crippen molar-refractivity contribution in [2.75, 3.05) is 20.2 Å². The number of methoxy groups -OCH3 is 1. The van der Waals surface area contributed by atoms with E-state index in [1.165, 1.54) is 13.2 Å². The lowest BCUT2D eigenvalue weighted by Crippen LogP contribution is -2.46. The summed E-state index contributed by atoms with van der Waals surface area (Å²) < 4.78 is 13.2. The highest BCUT2D eigenvalue weighted by Crippen LogP contribution is 2.37. The van der Waals surface area contributed by atoms with Crippen molar-refractivity contribution in [3.8, 4) is 11.5 Å². The van der Waals surface area contributed by atoms with Crippen LogP contribution in [0.2, 0.25) is 0 Å². The third-order valence-electron chi connectivity index (χ3n) is 7.53. The molecule has 2 bridgehead atoms. The van der Waals surface area contributed by atoms with E-state index >= 15 is 0 Å². The SMILES string of the molecule is COc1ccc([C@H](CC(N)=O)c2oc(CN3C[C@H]4C[C@@H](C3)c3cccc(=O)n3C4)cc(=O)c2O)cc1CO. The highest BCUT2D eigenvalue weighted by Gasteiger charge is 2.35. The molecule has 4 N–H and O–H groups in total. The van der Waals surface area contributed by atoms with Crippen LogP contribution in [0.1, 0.15) is 53.0 Å². The molecule has 3 atom stereocenters. The monoisotopic (exact) mass is 521 g/mol. The van der Waals surface area contributed by atoms with Crippen LogP contribution in [-0.4, -0.2) is 45.8 Å². The number of amides is 1. The maximum absolute atomic E-state index is 12.8. The Hall–Kier alpha value is -3.89. The Morgan fingerprint density at radius 2 is 2.00 bits per heavy atom. The summed E-state index contributed by atoms with van der Waals surface area (Å²) in [6, 6.07) is 11.6. The van der Waals surface area contributed by atoms with Gasteiger partial charge in [0.25, 0.3) is 5.56 Å². The second-order valence-electron chi connectivity index (χ2n) is 10.1. The third-order valence-corrected chi connectivity index (χ3v) is 7.53. The van der Waals surface area contributed by atoms with Crippen molar-refractivity contribution in [3.05, 3.63) is 91.4 Å². The molecular formula is C28H31N3O7. The van der Waals surface area contributed by atoms with Gasteiger partial charge in [0.2, 0.25) is 17.1 Å². The number of hydrogen-bond donors (Lipinski definition) is 3. The zero-order valence-electron chi connectivity index (χ0n) is 21.1. The van der Waals surface area contributed by atoms with Crippen molar-refractivity contribution in [2.24, 2.45) is 11.7 Å². The van der Waals surface area contributed by atoms with Crippen LogP contribution in [0.3, 0.4) is 0 Å². The van der Waals surface area contributed by atoms with Gasteiger partial charge in [-0.15, -0.1) is 0 Å². The molecule has 4 heterocycles. The fourth-order valence-corrected chi connectivity index (χ4v) is 5.92. The number of primary amides is 1. The van der Waals surface area contributed by atoms with Crippen LogP contribution in [0.25, 0.3) is 0 Å². The van der Waals surface area contributed by atoms with E-state index in [0.717, 1.165) is 18.7 Å². The molecule has 10 nitrogen and oxygen atoms in total. The Morgan fingerprint density at radius 3 is 2.74 bits per heavy atom. The van der Waals surface area contributed by atoms with Gasteiger partial charge in [-0.3, -0.25) is 19.3 Å². The first-order valence-corrected chi connectivity index (χ1v) is 12.6. The van der Waals surface area contributed by atoms with Crippen LogP contribution in [0.15, 0.2) is 56.5 Å². The van der Waals surface area contributed by atoms with Gasteiger partial charge in [0.1, 0.15) is 11.5 Å². The van der Waals surface area contributed by atoms with Gasteiger partial charge in [0, 0.05) is 55.4 Å². The van der Waals surface area contributed by atoms with Gasteiger partial charge in [0.15, 0.2) is 5.76 Å². The summed E-state index contributed by atoms with van der Waals surface area (Å²) in [5, 5.41) is 20.4. The van der Waals surface area contributed by atoms with Crippen LogP contribution in [0.4, 0.5) is 0 Å². The van der Waals surface area contributed by atoms with Gasteiger partial charge in [-0.2, -0.15) is 0 Å². The maximum Gasteiger partial charge on any atom is 0.250 e. The molecule has 0 radical (unpaired) electrons. The number of likely N-dealkylation sites (tertiary alicyclic amines) is 1. The highest BCUT2D eigenvalue weighted by molar-refractivity contribution is 5.75. The standard InChI is InChI=1S/C28H31N3O7/c1-37-24-6-5-17(8-19(24)15-32)21(10-25(29)34)28-27(36)23(33)9-20(38-28)14-30-11-16-7-18(13-30)22-3-2-4-26(35)31(22)12-16/h2-6,8-9,16,18,21,32,36H,7,10-15H2,1H3,(H2,29,34)/t16-,18+,21+/m1/s1. The first kappa shape index (κ1) is 25.7. The third kappa shape index (κ3) is 4.97. The van der Waals surface area contributed by atoms with Gasteiger partial charge >= 0.3 is 0 Å². The molecule has 5 rings (SSSR count). The molecule has 0 saturated carbocycles. The number of nitrogens with two attached hydrogens (primary N) is 1. The minimum atomic E-state index is -0.837. The number of piperidine rings is 1. The second-order valence-corrected chi connectivity index (χ2v) is 10.1. The number of aliphatic hydroxyl groups is 1. The molecule has 0 unspecified atom stereocenters. The number of carbonyl (C=O) groups is 1. The summed E-state index contributed by atoms with van der Waals surface area (Å²) in [6.07, 6.45) is 0.784. The number of aromatic nitrogens is 1. The highest BCUT2D eigenvalue weighted by atomic mass is 16.5. The molecule has 2 aromatic heterocycles. The normalized spacial score (nSPS) is 19.5. The van der Waals surface area contributed by atoms with E-state index in [2.05, 4.69) is 4.90 Å². The van der Waals surface area contributed by atoms with Crippen molar-refractivity contribution >= 4 is 5.91 Å². The lowest BCUT2D eigenvalue weighted by Gasteiger charge is -2.42. The minimum absolute atomic E-state index is 0.0169. The molecule has 1 aromatic carbocycles. The van der Waals surface area contributed by atoms with Crippen molar-refractivity contribution in [3.63, 3.8) is 0 Å². The van der Waals surface area contributed by atoms with E-state index in [1.807, 2.05) is 10.6 Å². The smallest absolute Gasteiger partial charge is 0.250 e. The topological polar surface area (TPSA) is 148 Å². The average molecular weight is 522 g/mol. The lowest BCUT2D eigenvalue weighted by molar-refractivity contribution is -0.118. The van der Waals surface area contributed by atoms with Crippen molar-refractivity contribution in [1.82, 2.24) is 9.47 Å². The number of rotatable bonds is 8. The Balaban J connectivity index is 1.46. The zero-order valence-corrected chi connectivity index (χ0v) is 21.1. The number of fused-ring (bicyclic) bond motifs is 4. The van der Waals surface area contributed by atoms with E-state index in [-0.39, 0.29) is 30.3 Å². The van der Waals surface area contributed by atoms with Crippen molar-refractivity contribution in [1.29, 1.82) is 0 Å². The number of ether oxygens (including phenoxy) is 1. The Bertz CT molecular complexity index is 1480. The number of aromatic hydroxyl groups is 1. The molecule has 0 spiro atoms. The predicted molar refractivity (Wildman–Crippen MR) is 138 cm³/mol. The molecule has 1 fully saturated rings. The zero-order chi connectivity index (χ0) is 27.0. The lowest BCUT2D eigenvalue weighted by atomic mass is 9.83. The summed E-state index contributed by atoms with van der Waals surface area (Å²) in [4.78, 5) is 39.3. The summed E-state index contributed by atoms with van der Waals surface area (Å²) in [7, 11) is 1.48. The largest absolute Gasteiger partial charge is 0.502 e. The number of nitrogens with zero attached hydrogens (tertiary/aromatic N) is 2. The number of pyridine rings is 1. The quantitative estimate of drug-likeness (QED) is 0.405. The molecule has 1 saturated heterocycles. The maximum atomic E-state index is 12.8. The molecule has 3 aromatic rings. The number of aliphatic hydroxyl groups excluding tert-OH is 1. The van der Waals surface area contributed by atoms with Gasteiger partial charge in [-0.05, 0) is 36.1 Å². The fourth-order valence-electron chi connectivity index (χ4n) is 5.92. The Labute approximate surface area is 218 Å². The van der Waals surface area contributed by atoms with Gasteiger partial charge in [0.05, 0.1) is 26.2 Å². The molecule has 200 valence electrons. The number of benzene rings is 1. The van der Waals surface area contributed by atoms with E-state index in [9.17, 15) is 24.6 Å². The predicted octanol–water partition coefficient (Wildman–Crippen LogP) is 1.63. The van der Waals surface area contributed by atoms with E-state index in [1.54, 1.807) is 30.3 Å². The number of carbonyl (C=O) groups excluding carboxylic acids is 1. The summed E-state index contributed by atoms with van der Waals surface area (Å²) in [6.45, 7) is 2.12. The molecule has 10 heteroatoms. The fraction of sp³-hybridized carbons (Fsp3) is 0.393. The molecule has 2 aliphatic heterocycles. The van der Waals surface area contributed by atoms with Crippen molar-refractivity contribution in [2.45, 2.75) is 44.4 Å². The number of hydrogen-bond acceptors (Lipinski definition) is 8. The van der Waals surface area contributed by atoms with Gasteiger partial charge in [-0.25, -0.2) is 0 Å². The van der Waals surface area contributed by atoms with Crippen LogP contribution in [0.5, 0.6) is 11.5 Å². The van der Waals surface area contributed by atoms with Crippen LogP contribution >= 0.6 is 0 Å². The molecular weight excluding hydrogens is 490 g/mol. The Morgan fingerprint density at radius 1 is 1.18 bits per heavy atom. The van der Waals surface area contributed by atoms with E-state index in [4.69, 9.17) is 14.9 Å². The van der Waals surface area contributed by atoms with Gasteiger partial charge in [-0.1, -0.05) is 12.1 Å². The van der Waals surface area contributed by atoms with E-state index in [0.29, 0.717) is 48.2 Å². The summed E-state index contributed by atoms with van der Waals surface area (Å²) in [5.41, 5.74) is 6.98. The molecule has 0 aliphatic carbocycles. The minimum Gasteiger partial charge on any atom is -0.502 e. The van der Waals surface area contributed by atoms with Crippen molar-refractivity contribution < 1.29 is 24.2 Å². The van der Waals surface area contributed by atoms with Crippen LogP contribution < -0.4 is 21.5 Å². The average Bonchev–Trinajstić information content (AvgIpc) is 2.89. The molecule has 2 aliphatic rings. The molecule has 1 amide bonds. The first-order valence-electron chi connectivity index (χ1n) is 12.6. The first-order chi connectivity index (χ1) is 18.3. The van der Waals surface area contributed by atoms with Crippen LogP contribution in [-0.2, 0) is 24.5 Å². The molecule has 38 heavy (non-hydrogen) atoms.